The van der Waals surface area contributed by atoms with Crippen LogP contribution in [0.4, 0.5) is 11.4 Å². The van der Waals surface area contributed by atoms with E-state index in [1.165, 1.54) is 37.0 Å². The third-order valence-corrected chi connectivity index (χ3v) is 6.64. The molecule has 1 saturated heterocycles. The van der Waals surface area contributed by atoms with Crippen LogP contribution in [0.15, 0.2) is 30.3 Å². The summed E-state index contributed by atoms with van der Waals surface area (Å²) in [4.78, 5) is 20.3. The summed E-state index contributed by atoms with van der Waals surface area (Å²) < 4.78 is 0. The minimum atomic E-state index is 0.170. The predicted octanol–water partition coefficient (Wildman–Crippen LogP) is 5.40. The van der Waals surface area contributed by atoms with Gasteiger partial charge in [0, 0.05) is 48.2 Å². The standard InChI is InChI=1S/C26H37N3O/c1-19(2)11-15-27-13-6-14-28(18-17-27)23-9-10-24-25-21(23)7-5-8-22(25)26(30)29(24)16-12-20(3)4/h5,7-10,19-20H,6,11-18H2,1-4H3. The summed E-state index contributed by atoms with van der Waals surface area (Å²) in [5.41, 5.74) is 3.27. The van der Waals surface area contributed by atoms with E-state index < -0.39 is 0 Å². The molecule has 4 rings (SSSR count). The van der Waals surface area contributed by atoms with Crippen molar-refractivity contribution in [1.29, 1.82) is 0 Å². The van der Waals surface area contributed by atoms with Gasteiger partial charge in [-0.2, -0.15) is 0 Å². The third kappa shape index (κ3) is 4.20. The number of anilines is 2. The van der Waals surface area contributed by atoms with Crippen molar-refractivity contribution >= 4 is 28.1 Å². The minimum absolute atomic E-state index is 0.170. The SMILES string of the molecule is CC(C)CCN1CCCN(c2ccc3c4c(cccc24)C(=O)N3CCC(C)C)CC1. The van der Waals surface area contributed by atoms with Crippen molar-refractivity contribution in [2.24, 2.45) is 11.8 Å². The Morgan fingerprint density at radius 1 is 0.833 bits per heavy atom. The summed E-state index contributed by atoms with van der Waals surface area (Å²) in [6.07, 6.45) is 3.50. The fraction of sp³-hybridized carbons (Fsp3) is 0.577. The van der Waals surface area contributed by atoms with Crippen LogP contribution in [0.5, 0.6) is 0 Å². The fourth-order valence-corrected chi connectivity index (χ4v) is 4.79. The number of rotatable bonds is 7. The van der Waals surface area contributed by atoms with Crippen LogP contribution >= 0.6 is 0 Å². The van der Waals surface area contributed by atoms with E-state index in [1.807, 2.05) is 11.0 Å². The molecule has 2 heterocycles. The first-order valence-corrected chi connectivity index (χ1v) is 11.8. The average molecular weight is 408 g/mol. The Kier molecular flexibility index (Phi) is 6.33. The van der Waals surface area contributed by atoms with Gasteiger partial charge in [-0.3, -0.25) is 4.79 Å². The highest BCUT2D eigenvalue weighted by atomic mass is 16.2. The van der Waals surface area contributed by atoms with Crippen molar-refractivity contribution in [3.8, 4) is 0 Å². The number of nitrogens with zero attached hydrogens (tertiary/aromatic N) is 3. The van der Waals surface area contributed by atoms with Crippen molar-refractivity contribution in [3.05, 3.63) is 35.9 Å². The molecule has 162 valence electrons. The van der Waals surface area contributed by atoms with Crippen molar-refractivity contribution in [1.82, 2.24) is 4.90 Å². The number of carbonyl (C=O) groups excluding carboxylic acids is 1. The van der Waals surface area contributed by atoms with Gasteiger partial charge in [0.25, 0.3) is 5.91 Å². The van der Waals surface area contributed by atoms with E-state index in [4.69, 9.17) is 0 Å². The molecule has 0 atom stereocenters. The Hall–Kier alpha value is -2.07. The molecule has 30 heavy (non-hydrogen) atoms. The van der Waals surface area contributed by atoms with Crippen molar-refractivity contribution in [3.63, 3.8) is 0 Å². The van der Waals surface area contributed by atoms with E-state index in [1.54, 1.807) is 0 Å². The average Bonchev–Trinajstić information content (AvgIpc) is 2.86. The van der Waals surface area contributed by atoms with Crippen LogP contribution < -0.4 is 9.80 Å². The van der Waals surface area contributed by atoms with E-state index >= 15 is 0 Å². The molecule has 2 aromatic carbocycles. The van der Waals surface area contributed by atoms with E-state index in [0.29, 0.717) is 5.92 Å². The topological polar surface area (TPSA) is 26.8 Å². The van der Waals surface area contributed by atoms with Gasteiger partial charge in [-0.1, -0.05) is 39.8 Å². The lowest BCUT2D eigenvalue weighted by molar-refractivity contribution is 0.0992. The Morgan fingerprint density at radius 2 is 1.57 bits per heavy atom. The molecule has 1 fully saturated rings. The summed E-state index contributed by atoms with van der Waals surface area (Å²) in [5.74, 6) is 1.52. The highest BCUT2D eigenvalue weighted by molar-refractivity contribution is 6.26. The van der Waals surface area contributed by atoms with Gasteiger partial charge in [0.15, 0.2) is 0 Å². The van der Waals surface area contributed by atoms with E-state index in [9.17, 15) is 4.79 Å². The van der Waals surface area contributed by atoms with Gasteiger partial charge < -0.3 is 14.7 Å². The smallest absolute Gasteiger partial charge is 0.258 e. The molecule has 0 radical (unpaired) electrons. The number of benzene rings is 2. The molecule has 2 aliphatic heterocycles. The minimum Gasteiger partial charge on any atom is -0.370 e. The molecule has 0 bridgehead atoms. The summed E-state index contributed by atoms with van der Waals surface area (Å²) in [6, 6.07) is 10.7. The number of hydrogen-bond donors (Lipinski definition) is 0. The number of hydrogen-bond acceptors (Lipinski definition) is 3. The van der Waals surface area contributed by atoms with E-state index in [2.05, 4.69) is 61.8 Å². The summed E-state index contributed by atoms with van der Waals surface area (Å²) in [5, 5.41) is 2.39. The number of carbonyl (C=O) groups is 1. The monoisotopic (exact) mass is 407 g/mol. The van der Waals surface area contributed by atoms with E-state index in [-0.39, 0.29) is 5.91 Å². The largest absolute Gasteiger partial charge is 0.370 e. The Morgan fingerprint density at radius 3 is 2.33 bits per heavy atom. The second-order valence-corrected chi connectivity index (χ2v) is 9.84. The van der Waals surface area contributed by atoms with Gasteiger partial charge >= 0.3 is 0 Å². The van der Waals surface area contributed by atoms with Gasteiger partial charge in [0.1, 0.15) is 0 Å². The fourth-order valence-electron chi connectivity index (χ4n) is 4.79. The maximum Gasteiger partial charge on any atom is 0.258 e. The maximum atomic E-state index is 13.1. The Balaban J connectivity index is 1.59. The third-order valence-electron chi connectivity index (χ3n) is 6.64. The van der Waals surface area contributed by atoms with Gasteiger partial charge in [-0.25, -0.2) is 0 Å². The lowest BCUT2D eigenvalue weighted by Crippen LogP contribution is -2.31. The normalized spacial score (nSPS) is 17.6. The van der Waals surface area contributed by atoms with Crippen LogP contribution in [0, 0.1) is 11.8 Å². The summed E-state index contributed by atoms with van der Waals surface area (Å²) in [6.45, 7) is 15.5. The highest BCUT2D eigenvalue weighted by Crippen LogP contribution is 2.42. The molecule has 2 aliphatic rings. The highest BCUT2D eigenvalue weighted by Gasteiger charge is 2.31. The molecule has 0 spiro atoms. The van der Waals surface area contributed by atoms with Crippen LogP contribution in [0.3, 0.4) is 0 Å². The van der Waals surface area contributed by atoms with Crippen LogP contribution in [-0.2, 0) is 0 Å². The van der Waals surface area contributed by atoms with E-state index in [0.717, 1.165) is 55.2 Å². The first-order chi connectivity index (χ1) is 14.5. The first-order valence-electron chi connectivity index (χ1n) is 11.8. The van der Waals surface area contributed by atoms with Crippen molar-refractivity contribution in [2.45, 2.75) is 47.0 Å². The molecule has 0 aliphatic carbocycles. The molecule has 1 amide bonds. The molecular weight excluding hydrogens is 370 g/mol. The zero-order chi connectivity index (χ0) is 21.3. The molecule has 0 saturated carbocycles. The van der Waals surface area contributed by atoms with Crippen LogP contribution in [-0.4, -0.2) is 50.1 Å². The molecule has 0 aromatic heterocycles. The Bertz CT molecular complexity index is 905. The van der Waals surface area contributed by atoms with Crippen LogP contribution in [0.25, 0.3) is 10.8 Å². The second kappa shape index (κ2) is 8.97. The van der Waals surface area contributed by atoms with Crippen molar-refractivity contribution in [2.75, 3.05) is 49.1 Å². The van der Waals surface area contributed by atoms with Gasteiger partial charge in [0.2, 0.25) is 0 Å². The quantitative estimate of drug-likeness (QED) is 0.614. The number of amides is 1. The lowest BCUT2D eigenvalue weighted by atomic mass is 10.0. The summed E-state index contributed by atoms with van der Waals surface area (Å²) in [7, 11) is 0. The lowest BCUT2D eigenvalue weighted by Gasteiger charge is -2.26. The van der Waals surface area contributed by atoms with Crippen LogP contribution in [0.1, 0.15) is 57.3 Å². The zero-order valence-electron chi connectivity index (χ0n) is 19.2. The van der Waals surface area contributed by atoms with Gasteiger partial charge in [-0.05, 0) is 62.4 Å². The molecule has 0 unspecified atom stereocenters. The zero-order valence-corrected chi connectivity index (χ0v) is 19.2. The second-order valence-electron chi connectivity index (χ2n) is 9.84. The van der Waals surface area contributed by atoms with Crippen molar-refractivity contribution < 1.29 is 4.79 Å². The molecule has 2 aromatic rings. The summed E-state index contributed by atoms with van der Waals surface area (Å²) >= 11 is 0. The molecule has 4 nitrogen and oxygen atoms in total. The first kappa shape index (κ1) is 21.2. The molecular formula is C26H37N3O. The predicted molar refractivity (Wildman–Crippen MR) is 128 cm³/mol. The molecule has 4 heteroatoms. The Labute approximate surface area is 181 Å². The van der Waals surface area contributed by atoms with Crippen LogP contribution in [0.2, 0.25) is 0 Å². The maximum absolute atomic E-state index is 13.1. The van der Waals surface area contributed by atoms with Gasteiger partial charge in [0.05, 0.1) is 5.69 Å². The molecule has 0 N–H and O–H groups in total. The van der Waals surface area contributed by atoms with Gasteiger partial charge in [-0.15, -0.1) is 0 Å².